The second-order valence-corrected chi connectivity index (χ2v) is 8.14. The molecule has 2 N–H and O–H groups in total. The first-order chi connectivity index (χ1) is 16.0. The lowest BCUT2D eigenvalue weighted by atomic mass is 10.1. The number of guanidine groups is 1. The Morgan fingerprint density at radius 2 is 1.76 bits per heavy atom. The second-order valence-electron chi connectivity index (χ2n) is 8.14. The predicted octanol–water partition coefficient (Wildman–Crippen LogP) is 4.19. The summed E-state index contributed by atoms with van der Waals surface area (Å²) < 4.78 is 1.95. The molecule has 3 rings (SSSR count). The van der Waals surface area contributed by atoms with Crippen LogP contribution in [0.4, 0.5) is 0 Å². The van der Waals surface area contributed by atoms with E-state index in [0.717, 1.165) is 48.8 Å². The van der Waals surface area contributed by atoms with Gasteiger partial charge in [0.1, 0.15) is 0 Å². The van der Waals surface area contributed by atoms with Gasteiger partial charge in [0, 0.05) is 38.9 Å². The van der Waals surface area contributed by atoms with Crippen molar-refractivity contribution in [2.45, 2.75) is 33.2 Å². The Bertz CT molecular complexity index is 1060. The smallest absolute Gasteiger partial charge is 0.253 e. The Balaban J connectivity index is 0.00000408. The Hall–Kier alpha value is -2.88. The second kappa shape index (κ2) is 13.7. The summed E-state index contributed by atoms with van der Waals surface area (Å²) in [7, 11) is 3.51. The van der Waals surface area contributed by atoms with Crippen molar-refractivity contribution in [1.29, 1.82) is 0 Å². The van der Waals surface area contributed by atoms with Crippen LogP contribution in [0.3, 0.4) is 0 Å². The van der Waals surface area contributed by atoms with Gasteiger partial charge in [-0.3, -0.25) is 4.79 Å². The van der Waals surface area contributed by atoms with Crippen LogP contribution in [0.5, 0.6) is 0 Å². The lowest BCUT2D eigenvalue weighted by Crippen LogP contribution is -2.37. The molecule has 2 aromatic carbocycles. The average molecular weight is 575 g/mol. The zero-order valence-electron chi connectivity index (χ0n) is 20.4. The van der Waals surface area contributed by atoms with Crippen LogP contribution in [0.15, 0.2) is 65.8 Å². The number of benzene rings is 2. The van der Waals surface area contributed by atoms with Gasteiger partial charge in [0.15, 0.2) is 5.96 Å². The van der Waals surface area contributed by atoms with Gasteiger partial charge in [0.25, 0.3) is 5.91 Å². The van der Waals surface area contributed by atoms with E-state index < -0.39 is 0 Å². The third-order valence-electron chi connectivity index (χ3n) is 5.31. The standard InChI is InChI=1S/C26H34N6O.HI/c1-5-27-26(29-18-21-13-15-22(16-14-21)25(33)31(3)4)28-17-9-10-23-19-32(30-20(23)2)24-11-7-6-8-12-24;/h6-8,11-16,19H,5,9-10,17-18H2,1-4H3,(H2,27,28,29);1H. The highest BCUT2D eigenvalue weighted by molar-refractivity contribution is 14.0. The molecule has 182 valence electrons. The largest absolute Gasteiger partial charge is 0.357 e. The molecule has 0 aliphatic heterocycles. The third-order valence-corrected chi connectivity index (χ3v) is 5.31. The quantitative estimate of drug-likeness (QED) is 0.174. The van der Waals surface area contributed by atoms with E-state index in [1.54, 1.807) is 19.0 Å². The zero-order chi connectivity index (χ0) is 23.6. The van der Waals surface area contributed by atoms with Crippen molar-refractivity contribution < 1.29 is 4.79 Å². The molecule has 0 spiro atoms. The molecule has 3 aromatic rings. The van der Waals surface area contributed by atoms with Crippen molar-refractivity contribution in [3.63, 3.8) is 0 Å². The fourth-order valence-electron chi connectivity index (χ4n) is 3.46. The molecule has 0 radical (unpaired) electrons. The van der Waals surface area contributed by atoms with E-state index in [2.05, 4.69) is 52.9 Å². The van der Waals surface area contributed by atoms with Gasteiger partial charge in [-0.2, -0.15) is 5.10 Å². The van der Waals surface area contributed by atoms with Crippen LogP contribution in [-0.4, -0.2) is 53.7 Å². The number of rotatable bonds is 9. The molecule has 0 atom stereocenters. The van der Waals surface area contributed by atoms with Crippen molar-refractivity contribution in [2.24, 2.45) is 4.99 Å². The number of aromatic nitrogens is 2. The summed E-state index contributed by atoms with van der Waals surface area (Å²) in [5.74, 6) is 0.798. The van der Waals surface area contributed by atoms with Crippen LogP contribution in [-0.2, 0) is 13.0 Å². The summed E-state index contributed by atoms with van der Waals surface area (Å²) in [6.07, 6.45) is 4.05. The van der Waals surface area contributed by atoms with Gasteiger partial charge in [-0.25, -0.2) is 9.67 Å². The van der Waals surface area contributed by atoms with Gasteiger partial charge in [0.05, 0.1) is 17.9 Å². The summed E-state index contributed by atoms with van der Waals surface area (Å²) in [6, 6.07) is 17.8. The van der Waals surface area contributed by atoms with E-state index in [4.69, 9.17) is 0 Å². The van der Waals surface area contributed by atoms with Crippen LogP contribution in [0.1, 0.15) is 40.5 Å². The molecule has 0 unspecified atom stereocenters. The molecule has 34 heavy (non-hydrogen) atoms. The SMILES string of the molecule is CCNC(=NCc1ccc(C(=O)N(C)C)cc1)NCCCc1cn(-c2ccccc2)nc1C.I. The summed E-state index contributed by atoms with van der Waals surface area (Å²) in [6.45, 7) is 6.28. The summed E-state index contributed by atoms with van der Waals surface area (Å²) >= 11 is 0. The minimum Gasteiger partial charge on any atom is -0.357 e. The molecular formula is C26H35IN6O. The number of nitrogens with one attached hydrogen (secondary N) is 2. The van der Waals surface area contributed by atoms with Gasteiger partial charge in [-0.1, -0.05) is 30.3 Å². The molecule has 7 nitrogen and oxygen atoms in total. The maximum absolute atomic E-state index is 12.0. The summed E-state index contributed by atoms with van der Waals surface area (Å²) in [4.78, 5) is 18.3. The van der Waals surface area contributed by atoms with Gasteiger partial charge >= 0.3 is 0 Å². The summed E-state index contributed by atoms with van der Waals surface area (Å²) in [5, 5.41) is 11.4. The maximum Gasteiger partial charge on any atom is 0.253 e. The molecule has 1 heterocycles. The summed E-state index contributed by atoms with van der Waals surface area (Å²) in [5.41, 5.74) is 5.14. The third kappa shape index (κ3) is 7.86. The fourth-order valence-corrected chi connectivity index (χ4v) is 3.46. The van der Waals surface area contributed by atoms with Crippen LogP contribution in [0.2, 0.25) is 0 Å². The van der Waals surface area contributed by atoms with Crippen LogP contribution in [0, 0.1) is 6.92 Å². The van der Waals surface area contributed by atoms with Crippen LogP contribution < -0.4 is 10.6 Å². The van der Waals surface area contributed by atoms with Crippen LogP contribution in [0.25, 0.3) is 5.69 Å². The maximum atomic E-state index is 12.0. The highest BCUT2D eigenvalue weighted by Crippen LogP contribution is 2.13. The van der Waals surface area contributed by atoms with E-state index >= 15 is 0 Å². The monoisotopic (exact) mass is 574 g/mol. The zero-order valence-corrected chi connectivity index (χ0v) is 22.7. The molecule has 8 heteroatoms. The molecule has 0 aliphatic carbocycles. The van der Waals surface area contributed by atoms with Crippen molar-refractivity contribution >= 4 is 35.8 Å². The number of hydrogen-bond acceptors (Lipinski definition) is 3. The molecule has 0 aliphatic rings. The topological polar surface area (TPSA) is 74.6 Å². The first-order valence-electron chi connectivity index (χ1n) is 11.4. The van der Waals surface area contributed by atoms with Crippen molar-refractivity contribution in [1.82, 2.24) is 25.3 Å². The Kier molecular flexibility index (Phi) is 11.1. The minimum atomic E-state index is 0. The number of nitrogens with zero attached hydrogens (tertiary/aromatic N) is 4. The number of para-hydroxylation sites is 1. The van der Waals surface area contributed by atoms with Crippen molar-refractivity contribution in [3.8, 4) is 5.69 Å². The molecular weight excluding hydrogens is 539 g/mol. The predicted molar refractivity (Wildman–Crippen MR) is 149 cm³/mol. The highest BCUT2D eigenvalue weighted by Gasteiger charge is 2.08. The molecule has 0 bridgehead atoms. The first kappa shape index (κ1) is 27.4. The van der Waals surface area contributed by atoms with E-state index in [0.29, 0.717) is 12.1 Å². The number of hydrogen-bond donors (Lipinski definition) is 2. The van der Waals surface area contributed by atoms with Crippen molar-refractivity contribution in [3.05, 3.63) is 83.2 Å². The Labute approximate surface area is 219 Å². The number of aryl methyl sites for hydroxylation is 2. The normalized spacial score (nSPS) is 11.0. The van der Waals surface area contributed by atoms with E-state index in [1.807, 2.05) is 47.1 Å². The molecule has 1 aromatic heterocycles. The number of carbonyl (C=O) groups is 1. The molecule has 0 saturated carbocycles. The Morgan fingerprint density at radius 1 is 1.06 bits per heavy atom. The number of halogens is 1. The number of carbonyl (C=O) groups excluding carboxylic acids is 1. The number of amides is 1. The van der Waals surface area contributed by atoms with E-state index in [-0.39, 0.29) is 29.9 Å². The van der Waals surface area contributed by atoms with Crippen LogP contribution >= 0.6 is 24.0 Å². The molecule has 1 amide bonds. The van der Waals surface area contributed by atoms with Gasteiger partial charge in [-0.05, 0) is 62.1 Å². The molecule has 0 fully saturated rings. The number of aliphatic imine (C=N–C) groups is 1. The Morgan fingerprint density at radius 3 is 2.41 bits per heavy atom. The lowest BCUT2D eigenvalue weighted by molar-refractivity contribution is 0.0827. The molecule has 0 saturated heterocycles. The van der Waals surface area contributed by atoms with E-state index in [9.17, 15) is 4.79 Å². The fraction of sp³-hybridized carbons (Fsp3) is 0.346. The van der Waals surface area contributed by atoms with E-state index in [1.165, 1.54) is 5.56 Å². The average Bonchev–Trinajstić information content (AvgIpc) is 3.21. The van der Waals surface area contributed by atoms with Gasteiger partial charge in [-0.15, -0.1) is 24.0 Å². The van der Waals surface area contributed by atoms with Gasteiger partial charge < -0.3 is 15.5 Å². The lowest BCUT2D eigenvalue weighted by Gasteiger charge is -2.12. The van der Waals surface area contributed by atoms with Gasteiger partial charge in [0.2, 0.25) is 0 Å². The highest BCUT2D eigenvalue weighted by atomic mass is 127. The van der Waals surface area contributed by atoms with Crippen molar-refractivity contribution in [2.75, 3.05) is 27.2 Å². The first-order valence-corrected chi connectivity index (χ1v) is 11.4. The minimum absolute atomic E-state index is 0.